The van der Waals surface area contributed by atoms with Crippen molar-refractivity contribution in [3.63, 3.8) is 0 Å². The van der Waals surface area contributed by atoms with Gasteiger partial charge in [-0.1, -0.05) is 0 Å². The van der Waals surface area contributed by atoms with Crippen molar-refractivity contribution >= 4 is 27.7 Å². The zero-order chi connectivity index (χ0) is 11.5. The predicted molar refractivity (Wildman–Crippen MR) is 64.6 cm³/mol. The molecule has 1 N–H and O–H groups in total. The molecular weight excluding hydrogens is 292 g/mol. The molecule has 16 heavy (non-hydrogen) atoms. The van der Waals surface area contributed by atoms with Crippen molar-refractivity contribution in [1.29, 1.82) is 0 Å². The Balaban J connectivity index is 2.34. The van der Waals surface area contributed by atoms with E-state index in [0.29, 0.717) is 11.7 Å². The minimum atomic E-state index is -0.185. The van der Waals surface area contributed by atoms with E-state index in [0.717, 1.165) is 9.37 Å². The molecule has 0 aliphatic carbocycles. The van der Waals surface area contributed by atoms with Crippen molar-refractivity contribution in [3.05, 3.63) is 33.4 Å². The Morgan fingerprint density at radius 1 is 1.62 bits per heavy atom. The lowest BCUT2D eigenvalue weighted by atomic mass is 10.5. The van der Waals surface area contributed by atoms with Crippen LogP contribution >= 0.6 is 27.7 Å². The highest BCUT2D eigenvalue weighted by Gasteiger charge is 2.09. The van der Waals surface area contributed by atoms with Crippen molar-refractivity contribution in [3.8, 4) is 0 Å². The van der Waals surface area contributed by atoms with Crippen molar-refractivity contribution in [1.82, 2.24) is 19.7 Å². The summed E-state index contributed by atoms with van der Waals surface area (Å²) in [5.74, 6) is 0. The molecule has 2 aromatic rings. The number of rotatable bonds is 3. The van der Waals surface area contributed by atoms with Gasteiger partial charge in [0.25, 0.3) is 0 Å². The van der Waals surface area contributed by atoms with Crippen molar-refractivity contribution in [2.45, 2.75) is 23.5 Å². The second kappa shape index (κ2) is 4.84. The van der Waals surface area contributed by atoms with E-state index in [-0.39, 0.29) is 5.69 Å². The van der Waals surface area contributed by atoms with E-state index in [1.807, 2.05) is 13.0 Å². The van der Waals surface area contributed by atoms with Crippen molar-refractivity contribution in [2.24, 2.45) is 0 Å². The average Bonchev–Trinajstić information content (AvgIpc) is 2.63. The molecule has 7 heteroatoms. The molecule has 0 aromatic carbocycles. The van der Waals surface area contributed by atoms with Crippen LogP contribution in [-0.2, 0) is 6.54 Å². The lowest BCUT2D eigenvalue weighted by molar-refractivity contribution is 0.660. The van der Waals surface area contributed by atoms with Gasteiger partial charge in [0.1, 0.15) is 0 Å². The number of nitrogens with zero attached hydrogens (tertiary/aromatic N) is 3. The van der Waals surface area contributed by atoms with Gasteiger partial charge in [0.05, 0.1) is 0 Å². The number of hydrogen-bond acceptors (Lipinski definition) is 4. The maximum atomic E-state index is 11.4. The third-order valence-electron chi connectivity index (χ3n) is 1.98. The lowest BCUT2D eigenvalue weighted by Gasteiger charge is -2.03. The fraction of sp³-hybridized carbons (Fsp3) is 0.222. The Morgan fingerprint density at radius 3 is 3.12 bits per heavy atom. The van der Waals surface area contributed by atoms with Crippen LogP contribution in [0.25, 0.3) is 0 Å². The number of pyridine rings is 1. The highest BCUT2D eigenvalue weighted by Crippen LogP contribution is 2.30. The van der Waals surface area contributed by atoms with Crippen LogP contribution in [-0.4, -0.2) is 19.7 Å². The molecule has 0 radical (unpaired) electrons. The second-order valence-corrected chi connectivity index (χ2v) is 4.83. The summed E-state index contributed by atoms with van der Waals surface area (Å²) < 4.78 is 2.47. The lowest BCUT2D eigenvalue weighted by Crippen LogP contribution is -2.15. The maximum Gasteiger partial charge on any atom is 0.343 e. The van der Waals surface area contributed by atoms with Gasteiger partial charge in [0, 0.05) is 28.3 Å². The first kappa shape index (κ1) is 11.4. The summed E-state index contributed by atoms with van der Waals surface area (Å²) >= 11 is 4.82. The third-order valence-corrected chi connectivity index (χ3v) is 3.94. The molecule has 0 amide bonds. The van der Waals surface area contributed by atoms with Crippen molar-refractivity contribution in [2.75, 3.05) is 0 Å². The highest BCUT2D eigenvalue weighted by atomic mass is 79.9. The first-order valence-corrected chi connectivity index (χ1v) is 6.26. The molecule has 2 aromatic heterocycles. The summed E-state index contributed by atoms with van der Waals surface area (Å²) in [6, 6.07) is 1.87. The molecule has 0 spiro atoms. The van der Waals surface area contributed by atoms with Crippen LogP contribution in [0.5, 0.6) is 0 Å². The minimum Gasteiger partial charge on any atom is -0.270 e. The third kappa shape index (κ3) is 2.19. The Bertz CT molecular complexity index is 550. The number of aromatic amines is 1. The number of hydrogen-bond donors (Lipinski definition) is 1. The van der Waals surface area contributed by atoms with Gasteiger partial charge in [-0.05, 0) is 40.7 Å². The zero-order valence-corrected chi connectivity index (χ0v) is 10.9. The van der Waals surface area contributed by atoms with E-state index < -0.39 is 0 Å². The van der Waals surface area contributed by atoms with Crippen molar-refractivity contribution < 1.29 is 0 Å². The molecule has 5 nitrogen and oxygen atoms in total. The summed E-state index contributed by atoms with van der Waals surface area (Å²) in [4.78, 5) is 16.3. The number of halogens is 1. The standard InChI is InChI=1S/C9H9BrN4OS/c1-2-14-8(15)12-13-9(14)16-7-3-4-11-5-6(7)10/h3-5H,2H2,1H3,(H,12,15). The van der Waals surface area contributed by atoms with Crippen LogP contribution in [0.15, 0.2) is 37.8 Å². The molecule has 84 valence electrons. The van der Waals surface area contributed by atoms with Gasteiger partial charge >= 0.3 is 5.69 Å². The normalized spacial score (nSPS) is 10.6. The van der Waals surface area contributed by atoms with E-state index in [9.17, 15) is 4.79 Å². The van der Waals surface area contributed by atoms with E-state index in [4.69, 9.17) is 0 Å². The molecular formula is C9H9BrN4OS. The molecule has 2 heterocycles. The summed E-state index contributed by atoms with van der Waals surface area (Å²) in [5, 5.41) is 7.06. The van der Waals surface area contributed by atoms with Gasteiger partial charge in [-0.3, -0.25) is 9.55 Å². The van der Waals surface area contributed by atoms with Crippen LogP contribution in [0.2, 0.25) is 0 Å². The number of H-pyrrole nitrogens is 1. The van der Waals surface area contributed by atoms with E-state index in [2.05, 4.69) is 31.1 Å². The molecule has 0 atom stereocenters. The zero-order valence-electron chi connectivity index (χ0n) is 8.48. The first-order valence-electron chi connectivity index (χ1n) is 4.65. The van der Waals surface area contributed by atoms with Crippen LogP contribution in [0.4, 0.5) is 0 Å². The van der Waals surface area contributed by atoms with Gasteiger partial charge in [-0.2, -0.15) is 0 Å². The SMILES string of the molecule is CCn1c(Sc2ccncc2Br)n[nH]c1=O. The van der Waals surface area contributed by atoms with Gasteiger partial charge in [-0.25, -0.2) is 9.89 Å². The Labute approximate surface area is 104 Å². The number of aromatic nitrogens is 4. The second-order valence-electron chi connectivity index (χ2n) is 2.96. The fourth-order valence-electron chi connectivity index (χ4n) is 1.20. The quantitative estimate of drug-likeness (QED) is 0.940. The largest absolute Gasteiger partial charge is 0.343 e. The van der Waals surface area contributed by atoms with Gasteiger partial charge in [0.2, 0.25) is 0 Å². The van der Waals surface area contributed by atoms with Crippen LogP contribution < -0.4 is 5.69 Å². The molecule has 2 rings (SSSR count). The molecule has 0 bridgehead atoms. The smallest absolute Gasteiger partial charge is 0.270 e. The van der Waals surface area contributed by atoms with Gasteiger partial charge in [-0.15, -0.1) is 5.10 Å². The van der Waals surface area contributed by atoms with Crippen LogP contribution in [0.1, 0.15) is 6.92 Å². The summed E-state index contributed by atoms with van der Waals surface area (Å²) in [7, 11) is 0. The van der Waals surface area contributed by atoms with Gasteiger partial charge < -0.3 is 0 Å². The summed E-state index contributed by atoms with van der Waals surface area (Å²) in [6.07, 6.45) is 3.41. The molecule has 0 saturated carbocycles. The van der Waals surface area contributed by atoms with E-state index in [1.165, 1.54) is 11.8 Å². The molecule has 0 fully saturated rings. The Kier molecular flexibility index (Phi) is 3.45. The molecule has 0 aliphatic rings. The predicted octanol–water partition coefficient (Wildman–Crippen LogP) is 1.90. The molecule has 0 unspecified atom stereocenters. The fourth-order valence-corrected chi connectivity index (χ4v) is 2.59. The van der Waals surface area contributed by atoms with E-state index >= 15 is 0 Å². The summed E-state index contributed by atoms with van der Waals surface area (Å²) in [6.45, 7) is 2.50. The Hall–Kier alpha value is -1.08. The topological polar surface area (TPSA) is 63.6 Å². The monoisotopic (exact) mass is 300 g/mol. The first-order chi connectivity index (χ1) is 7.72. The minimum absolute atomic E-state index is 0.185. The van der Waals surface area contributed by atoms with E-state index in [1.54, 1.807) is 17.0 Å². The van der Waals surface area contributed by atoms with Crippen LogP contribution in [0.3, 0.4) is 0 Å². The number of nitrogens with one attached hydrogen (secondary N) is 1. The summed E-state index contributed by atoms with van der Waals surface area (Å²) in [5.41, 5.74) is -0.185. The molecule has 0 saturated heterocycles. The van der Waals surface area contributed by atoms with Crippen LogP contribution in [0, 0.1) is 0 Å². The maximum absolute atomic E-state index is 11.4. The molecule has 0 aliphatic heterocycles. The van der Waals surface area contributed by atoms with Gasteiger partial charge in [0.15, 0.2) is 5.16 Å². The highest BCUT2D eigenvalue weighted by molar-refractivity contribution is 9.10. The Morgan fingerprint density at radius 2 is 2.44 bits per heavy atom. The average molecular weight is 301 g/mol.